The van der Waals surface area contributed by atoms with Crippen molar-refractivity contribution in [1.82, 2.24) is 20.4 Å². The summed E-state index contributed by atoms with van der Waals surface area (Å²) in [4.78, 5) is 35.8. The minimum absolute atomic E-state index is 0.00411. The van der Waals surface area contributed by atoms with Gasteiger partial charge < -0.3 is 15.4 Å². The molecule has 150 valence electrons. The number of ether oxygens (including phenoxy) is 1. The molecule has 10 heteroatoms. The zero-order chi connectivity index (χ0) is 20.8. The molecule has 8 nitrogen and oxygen atoms in total. The highest BCUT2D eigenvalue weighted by atomic mass is 35.5. The molecule has 0 spiro atoms. The number of nitrogens with zero attached hydrogens (tertiary/aromatic N) is 2. The molecule has 28 heavy (non-hydrogen) atoms. The minimum atomic E-state index is -0.836. The first-order valence-corrected chi connectivity index (χ1v) is 8.87. The Kier molecular flexibility index (Phi) is 7.11. The van der Waals surface area contributed by atoms with Gasteiger partial charge in [-0.25, -0.2) is 13.9 Å². The van der Waals surface area contributed by atoms with Crippen LogP contribution in [0.3, 0.4) is 0 Å². The van der Waals surface area contributed by atoms with E-state index in [1.165, 1.54) is 35.9 Å². The first-order valence-electron chi connectivity index (χ1n) is 8.49. The van der Waals surface area contributed by atoms with Gasteiger partial charge >= 0.3 is 5.97 Å². The Labute approximate surface area is 166 Å². The molecule has 1 heterocycles. The van der Waals surface area contributed by atoms with E-state index >= 15 is 0 Å². The minimum Gasteiger partial charge on any atom is -0.452 e. The van der Waals surface area contributed by atoms with E-state index in [9.17, 15) is 18.8 Å². The van der Waals surface area contributed by atoms with Gasteiger partial charge in [0.05, 0.1) is 11.4 Å². The Hall–Kier alpha value is -2.94. The Bertz CT molecular complexity index is 882. The third-order valence-electron chi connectivity index (χ3n) is 3.74. The molecule has 1 atom stereocenters. The van der Waals surface area contributed by atoms with Gasteiger partial charge in [-0.2, -0.15) is 5.10 Å². The summed E-state index contributed by atoms with van der Waals surface area (Å²) in [6.07, 6.45) is 0. The second-order valence-electron chi connectivity index (χ2n) is 5.90. The van der Waals surface area contributed by atoms with Gasteiger partial charge in [0.25, 0.3) is 5.91 Å². The van der Waals surface area contributed by atoms with Gasteiger partial charge in [0, 0.05) is 6.54 Å². The zero-order valence-electron chi connectivity index (χ0n) is 15.6. The van der Waals surface area contributed by atoms with Crippen LogP contribution in [-0.4, -0.2) is 46.8 Å². The number of aryl methyl sites for hydroxylation is 1. The number of rotatable bonds is 7. The van der Waals surface area contributed by atoms with E-state index in [0.29, 0.717) is 12.2 Å². The number of carbonyl (C=O) groups excluding carboxylic acids is 3. The summed E-state index contributed by atoms with van der Waals surface area (Å²) in [5.74, 6) is -2.23. The van der Waals surface area contributed by atoms with Crippen LogP contribution in [0, 0.1) is 12.7 Å². The largest absolute Gasteiger partial charge is 0.452 e. The summed E-state index contributed by atoms with van der Waals surface area (Å²) in [5.41, 5.74) is 0.744. The van der Waals surface area contributed by atoms with Crippen molar-refractivity contribution in [2.75, 3.05) is 13.2 Å². The van der Waals surface area contributed by atoms with Crippen molar-refractivity contribution >= 4 is 29.4 Å². The molecular formula is C18H20ClFN4O4. The zero-order valence-corrected chi connectivity index (χ0v) is 16.3. The number of aromatic nitrogens is 2. The van der Waals surface area contributed by atoms with Crippen molar-refractivity contribution < 1.29 is 23.5 Å². The molecule has 1 aromatic heterocycles. The standard InChI is InChI=1S/C18H20ClFN4O4/c1-4-21-17(26)11(3)22-14(25)9-28-18(27)15-10(2)23-24(16(15)19)13-7-5-12(20)6-8-13/h5-8,11H,4,9H2,1-3H3,(H,21,26)(H,22,25)/t11-/m0/s1. The lowest BCUT2D eigenvalue weighted by Gasteiger charge is -2.13. The van der Waals surface area contributed by atoms with Crippen molar-refractivity contribution in [3.63, 3.8) is 0 Å². The molecule has 2 amide bonds. The molecule has 2 N–H and O–H groups in total. The van der Waals surface area contributed by atoms with Gasteiger partial charge in [-0.1, -0.05) is 11.6 Å². The topological polar surface area (TPSA) is 102 Å². The highest BCUT2D eigenvalue weighted by Gasteiger charge is 2.24. The van der Waals surface area contributed by atoms with Gasteiger partial charge in [-0.05, 0) is 45.0 Å². The van der Waals surface area contributed by atoms with Crippen LogP contribution in [0.15, 0.2) is 24.3 Å². The molecule has 0 fully saturated rings. The fourth-order valence-corrected chi connectivity index (χ4v) is 2.71. The van der Waals surface area contributed by atoms with Crippen LogP contribution in [0.2, 0.25) is 5.15 Å². The highest BCUT2D eigenvalue weighted by molar-refractivity contribution is 6.33. The van der Waals surface area contributed by atoms with Crippen molar-refractivity contribution in [2.45, 2.75) is 26.8 Å². The quantitative estimate of drug-likeness (QED) is 0.677. The van der Waals surface area contributed by atoms with Gasteiger partial charge in [0.2, 0.25) is 5.91 Å². The van der Waals surface area contributed by atoms with Crippen molar-refractivity contribution in [2.24, 2.45) is 0 Å². The Balaban J connectivity index is 2.04. The second-order valence-corrected chi connectivity index (χ2v) is 6.26. The summed E-state index contributed by atoms with van der Waals surface area (Å²) in [5, 5.41) is 9.12. The van der Waals surface area contributed by atoms with E-state index in [4.69, 9.17) is 16.3 Å². The number of hydrogen-bond acceptors (Lipinski definition) is 5. The number of amides is 2. The van der Waals surface area contributed by atoms with Gasteiger partial charge in [-0.15, -0.1) is 0 Å². The van der Waals surface area contributed by atoms with E-state index in [2.05, 4.69) is 15.7 Å². The highest BCUT2D eigenvalue weighted by Crippen LogP contribution is 2.24. The lowest BCUT2D eigenvalue weighted by molar-refractivity contribution is -0.130. The molecule has 1 aromatic carbocycles. The molecule has 0 bridgehead atoms. The third-order valence-corrected chi connectivity index (χ3v) is 4.08. The SMILES string of the molecule is CCNC(=O)[C@H](C)NC(=O)COC(=O)c1c(C)nn(-c2ccc(F)cc2)c1Cl. The van der Waals surface area contributed by atoms with Crippen molar-refractivity contribution in [3.05, 3.63) is 46.5 Å². The van der Waals surface area contributed by atoms with Gasteiger partial charge in [-0.3, -0.25) is 9.59 Å². The maximum Gasteiger partial charge on any atom is 0.343 e. The predicted molar refractivity (Wildman–Crippen MR) is 99.8 cm³/mol. The molecule has 2 aromatic rings. The maximum absolute atomic E-state index is 13.1. The second kappa shape index (κ2) is 9.32. The first-order chi connectivity index (χ1) is 13.2. The van der Waals surface area contributed by atoms with E-state index in [0.717, 1.165) is 0 Å². The summed E-state index contributed by atoms with van der Waals surface area (Å²) in [7, 11) is 0. The predicted octanol–water partition coefficient (Wildman–Crippen LogP) is 1.77. The summed E-state index contributed by atoms with van der Waals surface area (Å²) in [6, 6.07) is 4.62. The first kappa shape index (κ1) is 21.4. The fraction of sp³-hybridized carbons (Fsp3) is 0.333. The summed E-state index contributed by atoms with van der Waals surface area (Å²) < 4.78 is 19.3. The number of esters is 1. The molecule has 0 aliphatic rings. The van der Waals surface area contributed by atoms with Gasteiger partial charge in [0.15, 0.2) is 6.61 Å². The normalized spacial score (nSPS) is 11.6. The Morgan fingerprint density at radius 2 is 1.93 bits per heavy atom. The molecule has 0 saturated heterocycles. The van der Waals surface area contributed by atoms with Crippen molar-refractivity contribution in [1.29, 1.82) is 0 Å². The van der Waals surface area contributed by atoms with Crippen LogP contribution < -0.4 is 10.6 Å². The Morgan fingerprint density at radius 1 is 1.29 bits per heavy atom. The van der Waals surface area contributed by atoms with E-state index < -0.39 is 30.3 Å². The average molecular weight is 411 g/mol. The monoisotopic (exact) mass is 410 g/mol. The van der Waals surface area contributed by atoms with E-state index in [1.807, 2.05) is 0 Å². The van der Waals surface area contributed by atoms with Gasteiger partial charge in [0.1, 0.15) is 22.6 Å². The van der Waals surface area contributed by atoms with E-state index in [1.54, 1.807) is 13.8 Å². The molecule has 0 aliphatic carbocycles. The van der Waals surface area contributed by atoms with Crippen LogP contribution in [0.4, 0.5) is 4.39 Å². The molecule has 0 unspecified atom stereocenters. The lowest BCUT2D eigenvalue weighted by Crippen LogP contribution is -2.46. The number of hydrogen-bond donors (Lipinski definition) is 2. The van der Waals surface area contributed by atoms with Crippen LogP contribution in [0.1, 0.15) is 29.9 Å². The third kappa shape index (κ3) is 5.07. The van der Waals surface area contributed by atoms with Crippen LogP contribution in [0.5, 0.6) is 0 Å². The number of halogens is 2. The van der Waals surface area contributed by atoms with Crippen LogP contribution in [-0.2, 0) is 14.3 Å². The van der Waals surface area contributed by atoms with E-state index in [-0.39, 0.29) is 22.3 Å². The maximum atomic E-state index is 13.1. The molecule has 0 aliphatic heterocycles. The molecule has 0 saturated carbocycles. The number of carbonyl (C=O) groups is 3. The van der Waals surface area contributed by atoms with Crippen LogP contribution >= 0.6 is 11.6 Å². The molecule has 0 radical (unpaired) electrons. The van der Waals surface area contributed by atoms with Crippen LogP contribution in [0.25, 0.3) is 5.69 Å². The Morgan fingerprint density at radius 3 is 2.54 bits per heavy atom. The number of benzene rings is 1. The molecule has 2 rings (SSSR count). The lowest BCUT2D eigenvalue weighted by atomic mass is 10.2. The summed E-state index contributed by atoms with van der Waals surface area (Å²) in [6.45, 7) is 4.68. The van der Waals surface area contributed by atoms with Crippen molar-refractivity contribution in [3.8, 4) is 5.69 Å². The fourth-order valence-electron chi connectivity index (χ4n) is 2.36. The molecular weight excluding hydrogens is 391 g/mol. The smallest absolute Gasteiger partial charge is 0.343 e. The number of nitrogens with one attached hydrogen (secondary N) is 2. The average Bonchev–Trinajstić information content (AvgIpc) is 2.95. The number of likely N-dealkylation sites (N-methyl/N-ethyl adjacent to an activating group) is 1. The summed E-state index contributed by atoms with van der Waals surface area (Å²) >= 11 is 6.23.